The van der Waals surface area contributed by atoms with Gasteiger partial charge in [0.25, 0.3) is 0 Å². The molecule has 1 heterocycles. The van der Waals surface area contributed by atoms with E-state index in [0.29, 0.717) is 44.6 Å². The van der Waals surface area contributed by atoms with Gasteiger partial charge in [0, 0.05) is 25.1 Å². The van der Waals surface area contributed by atoms with Crippen molar-refractivity contribution < 1.29 is 23.6 Å². The number of esters is 1. The molecule has 3 rings (SSSR count). The highest BCUT2D eigenvalue weighted by molar-refractivity contribution is 5.91. The lowest BCUT2D eigenvalue weighted by Gasteiger charge is -2.31. The van der Waals surface area contributed by atoms with Gasteiger partial charge < -0.3 is 14.4 Å². The molecule has 0 aromatic heterocycles. The second kappa shape index (κ2) is 11.6. The summed E-state index contributed by atoms with van der Waals surface area (Å²) in [6.07, 6.45) is 7.14. The number of rotatable bonds is 9. The number of nitrogens with two attached hydrogens (primary N) is 1. The predicted octanol–water partition coefficient (Wildman–Crippen LogP) is 3.48. The number of fused-ring (bicyclic) bond motifs is 1. The molecule has 0 radical (unpaired) electrons. The number of anilines is 1. The van der Waals surface area contributed by atoms with E-state index in [2.05, 4.69) is 5.32 Å². The minimum absolute atomic E-state index is 0.0794. The Morgan fingerprint density at radius 2 is 1.94 bits per heavy atom. The lowest BCUT2D eigenvalue weighted by Crippen LogP contribution is -2.41. The number of guanidine groups is 1. The molecule has 0 spiro atoms. The molecule has 188 valence electrons. The predicted molar refractivity (Wildman–Crippen MR) is 133 cm³/mol. The summed E-state index contributed by atoms with van der Waals surface area (Å²) in [6, 6.07) is 6.17. The number of amides is 1. The van der Waals surface area contributed by atoms with E-state index in [4.69, 9.17) is 15.2 Å². The zero-order valence-electron chi connectivity index (χ0n) is 21.2. The van der Waals surface area contributed by atoms with Crippen molar-refractivity contribution in [2.24, 2.45) is 11.1 Å². The summed E-state index contributed by atoms with van der Waals surface area (Å²) in [4.78, 5) is 26.7. The molecule has 8 heteroatoms. The third-order valence-electron chi connectivity index (χ3n) is 6.35. The van der Waals surface area contributed by atoms with Crippen LogP contribution in [0.25, 0.3) is 0 Å². The molecule has 0 saturated heterocycles. The molecule has 1 fully saturated rings. The van der Waals surface area contributed by atoms with Crippen molar-refractivity contribution in [1.82, 2.24) is 4.90 Å². The molecular formula is C26H41N4O4+. The maximum Gasteiger partial charge on any atom is 0.349 e. The highest BCUT2D eigenvalue weighted by Crippen LogP contribution is 2.26. The Morgan fingerprint density at radius 3 is 2.65 bits per heavy atom. The molecule has 1 aromatic rings. The van der Waals surface area contributed by atoms with Gasteiger partial charge in [0.1, 0.15) is 11.4 Å². The number of carbonyl (C=O) groups excluding carboxylic acids is 2. The zero-order valence-corrected chi connectivity index (χ0v) is 21.2. The van der Waals surface area contributed by atoms with E-state index < -0.39 is 0 Å². The summed E-state index contributed by atoms with van der Waals surface area (Å²) in [5, 5.41) is 3.15. The molecule has 2 aliphatic rings. The maximum absolute atomic E-state index is 12.5. The van der Waals surface area contributed by atoms with Crippen molar-refractivity contribution in [2.75, 3.05) is 32.1 Å². The highest BCUT2D eigenvalue weighted by atomic mass is 16.5. The fraction of sp³-hybridized carbons (Fsp3) is 0.654. The lowest BCUT2D eigenvalue weighted by atomic mass is 9.94. The molecular weight excluding hydrogens is 432 g/mol. The van der Waals surface area contributed by atoms with Crippen molar-refractivity contribution in [3.63, 3.8) is 0 Å². The Hall–Kier alpha value is -2.77. The summed E-state index contributed by atoms with van der Waals surface area (Å²) < 4.78 is 13.1. The number of ether oxygens (including phenoxy) is 2. The van der Waals surface area contributed by atoms with Gasteiger partial charge in [0.15, 0.2) is 6.54 Å². The van der Waals surface area contributed by atoms with Gasteiger partial charge >= 0.3 is 11.9 Å². The lowest BCUT2D eigenvalue weighted by molar-refractivity contribution is -0.536. The van der Waals surface area contributed by atoms with E-state index in [1.54, 1.807) is 4.58 Å². The van der Waals surface area contributed by atoms with Crippen LogP contribution in [0.2, 0.25) is 0 Å². The van der Waals surface area contributed by atoms with Crippen LogP contribution in [0.15, 0.2) is 18.2 Å². The Balaban J connectivity index is 1.46. The zero-order chi connectivity index (χ0) is 24.7. The Bertz CT molecular complexity index is 901. The number of hydrogen-bond donors (Lipinski definition) is 2. The first kappa shape index (κ1) is 25.8. The van der Waals surface area contributed by atoms with Crippen LogP contribution in [0.5, 0.6) is 5.75 Å². The molecule has 1 aliphatic carbocycles. The molecule has 0 atom stereocenters. The minimum atomic E-state index is -0.307. The highest BCUT2D eigenvalue weighted by Gasteiger charge is 2.25. The van der Waals surface area contributed by atoms with Crippen LogP contribution in [0.1, 0.15) is 71.3 Å². The summed E-state index contributed by atoms with van der Waals surface area (Å²) in [5.41, 5.74) is 7.93. The summed E-state index contributed by atoms with van der Waals surface area (Å²) >= 11 is 0. The van der Waals surface area contributed by atoms with Crippen LogP contribution < -0.4 is 15.8 Å². The molecule has 0 bridgehead atoms. The van der Waals surface area contributed by atoms with Crippen molar-refractivity contribution in [3.8, 4) is 5.75 Å². The minimum Gasteiger partial charge on any atom is -0.494 e. The number of nitrogens with one attached hydrogen (secondary N) is 1. The first-order valence-corrected chi connectivity index (χ1v) is 12.4. The summed E-state index contributed by atoms with van der Waals surface area (Å²) in [5.74, 6) is 1.06. The molecule has 1 aromatic carbocycles. The van der Waals surface area contributed by atoms with Gasteiger partial charge in [-0.3, -0.25) is 10.5 Å². The van der Waals surface area contributed by atoms with E-state index in [1.807, 2.05) is 50.9 Å². The molecule has 8 nitrogen and oxygen atoms in total. The van der Waals surface area contributed by atoms with Crippen molar-refractivity contribution in [2.45, 2.75) is 78.3 Å². The second-order valence-electron chi connectivity index (χ2n) is 10.7. The Morgan fingerprint density at radius 1 is 1.21 bits per heavy atom. The number of carbonyl (C=O) groups is 2. The number of nitrogens with zero attached hydrogens (tertiary/aromatic N) is 2. The van der Waals surface area contributed by atoms with E-state index in [0.717, 1.165) is 29.8 Å². The van der Waals surface area contributed by atoms with Crippen molar-refractivity contribution >= 4 is 23.5 Å². The fourth-order valence-electron chi connectivity index (χ4n) is 4.32. The SMILES string of the molecule is CN(C(=O)CCCOc1ccc2c(c1)C[N+](CC(=O)OCC(C)(C)C)=C(N)N2)C1CCCCC1. The second-order valence-corrected chi connectivity index (χ2v) is 10.7. The monoisotopic (exact) mass is 473 g/mol. The Kier molecular flexibility index (Phi) is 8.80. The van der Waals surface area contributed by atoms with Gasteiger partial charge in [-0.1, -0.05) is 40.0 Å². The molecule has 0 unspecified atom stereocenters. The summed E-state index contributed by atoms with van der Waals surface area (Å²) in [6.45, 7) is 7.47. The van der Waals surface area contributed by atoms with Gasteiger partial charge in [-0.2, -0.15) is 0 Å². The quantitative estimate of drug-likeness (QED) is 0.324. The average Bonchev–Trinajstić information content (AvgIpc) is 2.80. The largest absolute Gasteiger partial charge is 0.494 e. The van der Waals surface area contributed by atoms with Crippen molar-refractivity contribution in [3.05, 3.63) is 23.8 Å². The van der Waals surface area contributed by atoms with Gasteiger partial charge in [-0.05, 0) is 42.9 Å². The van der Waals surface area contributed by atoms with Crippen LogP contribution in [-0.2, 0) is 20.9 Å². The van der Waals surface area contributed by atoms with Crippen LogP contribution in [0.3, 0.4) is 0 Å². The smallest absolute Gasteiger partial charge is 0.349 e. The number of benzene rings is 1. The normalized spacial score (nSPS) is 16.5. The molecule has 34 heavy (non-hydrogen) atoms. The van der Waals surface area contributed by atoms with E-state index in [1.165, 1.54) is 19.3 Å². The first-order chi connectivity index (χ1) is 16.1. The van der Waals surface area contributed by atoms with Crippen LogP contribution >= 0.6 is 0 Å². The first-order valence-electron chi connectivity index (χ1n) is 12.4. The van der Waals surface area contributed by atoms with E-state index in [9.17, 15) is 9.59 Å². The Labute approximate surface area is 203 Å². The fourth-order valence-corrected chi connectivity index (χ4v) is 4.32. The molecule has 3 N–H and O–H groups in total. The van der Waals surface area contributed by atoms with E-state index >= 15 is 0 Å². The average molecular weight is 474 g/mol. The molecule has 1 aliphatic heterocycles. The van der Waals surface area contributed by atoms with Gasteiger partial charge in [0.05, 0.1) is 19.8 Å². The topological polar surface area (TPSA) is 96.9 Å². The summed E-state index contributed by atoms with van der Waals surface area (Å²) in [7, 11) is 1.93. The maximum atomic E-state index is 12.5. The molecule has 1 amide bonds. The number of hydrogen-bond acceptors (Lipinski definition) is 6. The van der Waals surface area contributed by atoms with E-state index in [-0.39, 0.29) is 23.8 Å². The van der Waals surface area contributed by atoms with Gasteiger partial charge in [-0.15, -0.1) is 0 Å². The third-order valence-corrected chi connectivity index (χ3v) is 6.35. The standard InChI is InChI=1S/C26H40N4O4/c1-26(2,3)18-34-24(32)17-30-16-19-15-21(12-13-22(19)28-25(30)27)33-14-8-11-23(31)29(4)20-9-6-5-7-10-20/h12-13,15,20H,5-11,14,16-18H2,1-4H3,(H2,27,28)/p+1. The van der Waals surface area contributed by atoms with Crippen molar-refractivity contribution in [1.29, 1.82) is 0 Å². The van der Waals surface area contributed by atoms with Crippen LogP contribution in [0, 0.1) is 5.41 Å². The van der Waals surface area contributed by atoms with Gasteiger partial charge in [-0.25, -0.2) is 14.7 Å². The van der Waals surface area contributed by atoms with Crippen LogP contribution in [0.4, 0.5) is 5.69 Å². The third kappa shape index (κ3) is 7.64. The van der Waals surface area contributed by atoms with Crippen LogP contribution in [-0.4, -0.2) is 60.2 Å². The molecule has 1 saturated carbocycles. The van der Waals surface area contributed by atoms with Gasteiger partial charge in [0.2, 0.25) is 5.91 Å².